The minimum atomic E-state index is -0.224. The molecule has 0 fully saturated rings. The van der Waals surface area contributed by atoms with Gasteiger partial charge in [0.1, 0.15) is 5.76 Å². The molecule has 0 aliphatic carbocycles. The fourth-order valence-corrected chi connectivity index (χ4v) is 1.20. The van der Waals surface area contributed by atoms with Gasteiger partial charge >= 0.3 is 0 Å². The van der Waals surface area contributed by atoms with E-state index in [2.05, 4.69) is 15.5 Å². The monoisotopic (exact) mass is 205 g/mol. The number of amides is 1. The Balaban J connectivity index is 1.93. The fraction of sp³-hybridized carbons (Fsp3) is 0.200. The van der Waals surface area contributed by atoms with Crippen LogP contribution in [0, 0.1) is 6.92 Å². The van der Waals surface area contributed by atoms with Crippen LogP contribution >= 0.6 is 0 Å². The average molecular weight is 205 g/mol. The van der Waals surface area contributed by atoms with Crippen LogP contribution in [0.5, 0.6) is 0 Å². The summed E-state index contributed by atoms with van der Waals surface area (Å²) in [6, 6.07) is 5.20. The molecule has 2 aromatic rings. The number of carbonyl (C=O) groups excluding carboxylic acids is 1. The third-order valence-corrected chi connectivity index (χ3v) is 1.96. The smallest absolute Gasteiger partial charge is 0.287 e. The molecule has 0 saturated carbocycles. The minimum Gasteiger partial charge on any atom is -0.456 e. The normalized spacial score (nSPS) is 10.2. The SMILES string of the molecule is Cc1ccc(C(=O)NCc2ccn[nH]2)o1. The van der Waals surface area contributed by atoms with Gasteiger partial charge in [0, 0.05) is 6.20 Å². The molecule has 1 amide bonds. The number of rotatable bonds is 3. The van der Waals surface area contributed by atoms with Crippen molar-refractivity contribution in [1.82, 2.24) is 15.5 Å². The molecule has 0 spiro atoms. The maximum absolute atomic E-state index is 11.5. The van der Waals surface area contributed by atoms with Crippen molar-refractivity contribution in [3.63, 3.8) is 0 Å². The van der Waals surface area contributed by atoms with Gasteiger partial charge in [0.2, 0.25) is 0 Å². The Labute approximate surface area is 86.5 Å². The van der Waals surface area contributed by atoms with Gasteiger partial charge in [0.15, 0.2) is 5.76 Å². The maximum atomic E-state index is 11.5. The fourth-order valence-electron chi connectivity index (χ4n) is 1.20. The van der Waals surface area contributed by atoms with Gasteiger partial charge in [-0.15, -0.1) is 0 Å². The lowest BCUT2D eigenvalue weighted by molar-refractivity contribution is 0.0921. The number of furan rings is 1. The van der Waals surface area contributed by atoms with Crippen LogP contribution in [0.2, 0.25) is 0 Å². The number of carbonyl (C=O) groups is 1. The molecule has 0 atom stereocenters. The Bertz CT molecular complexity index is 445. The lowest BCUT2D eigenvalue weighted by atomic mass is 10.4. The highest BCUT2D eigenvalue weighted by Crippen LogP contribution is 2.05. The molecular formula is C10H11N3O2. The lowest BCUT2D eigenvalue weighted by Crippen LogP contribution is -2.22. The van der Waals surface area contributed by atoms with Crippen LogP contribution in [0.1, 0.15) is 22.0 Å². The zero-order valence-corrected chi connectivity index (χ0v) is 8.28. The molecule has 2 rings (SSSR count). The third-order valence-electron chi connectivity index (χ3n) is 1.96. The van der Waals surface area contributed by atoms with E-state index >= 15 is 0 Å². The number of aryl methyl sites for hydroxylation is 1. The molecule has 0 unspecified atom stereocenters. The second-order valence-electron chi connectivity index (χ2n) is 3.17. The van der Waals surface area contributed by atoms with E-state index in [-0.39, 0.29) is 5.91 Å². The van der Waals surface area contributed by atoms with E-state index in [0.29, 0.717) is 12.3 Å². The lowest BCUT2D eigenvalue weighted by Gasteiger charge is -1.99. The number of hydrogen-bond donors (Lipinski definition) is 2. The van der Waals surface area contributed by atoms with E-state index in [1.807, 2.05) is 0 Å². The quantitative estimate of drug-likeness (QED) is 0.791. The van der Waals surface area contributed by atoms with E-state index < -0.39 is 0 Å². The zero-order valence-electron chi connectivity index (χ0n) is 8.28. The molecule has 2 aromatic heterocycles. The molecule has 0 bridgehead atoms. The molecule has 15 heavy (non-hydrogen) atoms. The number of H-pyrrole nitrogens is 1. The molecule has 0 aliphatic heterocycles. The number of hydrogen-bond acceptors (Lipinski definition) is 3. The molecule has 5 nitrogen and oxygen atoms in total. The Kier molecular flexibility index (Phi) is 2.53. The van der Waals surface area contributed by atoms with Crippen LogP contribution in [-0.4, -0.2) is 16.1 Å². The number of nitrogens with one attached hydrogen (secondary N) is 2. The molecular weight excluding hydrogens is 194 g/mol. The number of aromatic amines is 1. The topological polar surface area (TPSA) is 70.9 Å². The summed E-state index contributed by atoms with van der Waals surface area (Å²) in [6.45, 7) is 2.21. The van der Waals surface area contributed by atoms with E-state index in [1.54, 1.807) is 31.3 Å². The van der Waals surface area contributed by atoms with Crippen molar-refractivity contribution in [1.29, 1.82) is 0 Å². The van der Waals surface area contributed by atoms with E-state index in [9.17, 15) is 4.79 Å². The van der Waals surface area contributed by atoms with Gasteiger partial charge in [0.25, 0.3) is 5.91 Å². The molecule has 0 aromatic carbocycles. The first-order chi connectivity index (χ1) is 7.25. The summed E-state index contributed by atoms with van der Waals surface area (Å²) in [6.07, 6.45) is 1.64. The Morgan fingerprint density at radius 2 is 2.40 bits per heavy atom. The highest BCUT2D eigenvalue weighted by Gasteiger charge is 2.09. The van der Waals surface area contributed by atoms with E-state index in [0.717, 1.165) is 11.5 Å². The van der Waals surface area contributed by atoms with Gasteiger partial charge in [-0.25, -0.2) is 0 Å². The summed E-state index contributed by atoms with van der Waals surface area (Å²) in [7, 11) is 0. The van der Waals surface area contributed by atoms with Crippen molar-refractivity contribution < 1.29 is 9.21 Å². The molecule has 2 N–H and O–H groups in total. The van der Waals surface area contributed by atoms with Crippen LogP contribution in [0.4, 0.5) is 0 Å². The Morgan fingerprint density at radius 3 is 3.00 bits per heavy atom. The molecule has 0 saturated heterocycles. The second kappa shape index (κ2) is 4.00. The summed E-state index contributed by atoms with van der Waals surface area (Å²) in [5, 5.41) is 9.24. The highest BCUT2D eigenvalue weighted by atomic mass is 16.3. The Morgan fingerprint density at radius 1 is 1.53 bits per heavy atom. The van der Waals surface area contributed by atoms with Crippen LogP contribution in [0.25, 0.3) is 0 Å². The van der Waals surface area contributed by atoms with Crippen LogP contribution < -0.4 is 5.32 Å². The first kappa shape index (κ1) is 9.51. The molecule has 0 radical (unpaired) electrons. The molecule has 0 aliphatic rings. The first-order valence-electron chi connectivity index (χ1n) is 4.58. The minimum absolute atomic E-state index is 0.224. The largest absolute Gasteiger partial charge is 0.456 e. The first-order valence-corrected chi connectivity index (χ1v) is 4.58. The van der Waals surface area contributed by atoms with Gasteiger partial charge in [-0.2, -0.15) is 5.10 Å². The van der Waals surface area contributed by atoms with Gasteiger partial charge in [-0.3, -0.25) is 9.89 Å². The van der Waals surface area contributed by atoms with Gasteiger partial charge in [-0.05, 0) is 25.1 Å². The van der Waals surface area contributed by atoms with Crippen LogP contribution in [0.3, 0.4) is 0 Å². The van der Waals surface area contributed by atoms with Crippen molar-refractivity contribution in [2.45, 2.75) is 13.5 Å². The summed E-state index contributed by atoms with van der Waals surface area (Å²) >= 11 is 0. The van der Waals surface area contributed by atoms with Crippen molar-refractivity contribution in [3.8, 4) is 0 Å². The summed E-state index contributed by atoms with van der Waals surface area (Å²) in [4.78, 5) is 11.5. The number of aromatic nitrogens is 2. The van der Waals surface area contributed by atoms with Gasteiger partial charge < -0.3 is 9.73 Å². The predicted octanol–water partition coefficient (Wildman–Crippen LogP) is 1.24. The highest BCUT2D eigenvalue weighted by molar-refractivity contribution is 5.91. The predicted molar refractivity (Wildman–Crippen MR) is 53.2 cm³/mol. The number of nitrogens with zero attached hydrogens (tertiary/aromatic N) is 1. The summed E-state index contributed by atoms with van der Waals surface area (Å²) in [5.74, 6) is 0.825. The maximum Gasteiger partial charge on any atom is 0.287 e. The van der Waals surface area contributed by atoms with Gasteiger partial charge in [-0.1, -0.05) is 0 Å². The molecule has 2 heterocycles. The third kappa shape index (κ3) is 2.25. The molecule has 78 valence electrons. The second-order valence-corrected chi connectivity index (χ2v) is 3.17. The standard InChI is InChI=1S/C10H11N3O2/c1-7-2-3-9(15-7)10(14)11-6-8-4-5-12-13-8/h2-5H,6H2,1H3,(H,11,14)(H,12,13). The van der Waals surface area contributed by atoms with Crippen LogP contribution in [0.15, 0.2) is 28.8 Å². The van der Waals surface area contributed by atoms with E-state index in [4.69, 9.17) is 4.42 Å². The Hall–Kier alpha value is -2.04. The van der Waals surface area contributed by atoms with E-state index in [1.165, 1.54) is 0 Å². The van der Waals surface area contributed by atoms with Crippen LogP contribution in [-0.2, 0) is 6.54 Å². The summed E-state index contributed by atoms with van der Waals surface area (Å²) in [5.41, 5.74) is 0.853. The zero-order chi connectivity index (χ0) is 10.7. The van der Waals surface area contributed by atoms with Crippen molar-refractivity contribution >= 4 is 5.91 Å². The average Bonchev–Trinajstić information content (AvgIpc) is 2.84. The van der Waals surface area contributed by atoms with Crippen molar-refractivity contribution in [2.75, 3.05) is 0 Å². The van der Waals surface area contributed by atoms with Crippen molar-refractivity contribution in [2.24, 2.45) is 0 Å². The van der Waals surface area contributed by atoms with Gasteiger partial charge in [0.05, 0.1) is 12.2 Å². The summed E-state index contributed by atoms with van der Waals surface area (Å²) < 4.78 is 5.18. The molecule has 5 heteroatoms. The van der Waals surface area contributed by atoms with Crippen molar-refractivity contribution in [3.05, 3.63) is 41.6 Å².